The van der Waals surface area contributed by atoms with Crippen LogP contribution in [-0.4, -0.2) is 21.0 Å². The Morgan fingerprint density at radius 2 is 1.84 bits per heavy atom. The van der Waals surface area contributed by atoms with Gasteiger partial charge in [-0.15, -0.1) is 5.92 Å². The van der Waals surface area contributed by atoms with Crippen LogP contribution in [0, 0.1) is 18.8 Å². The summed E-state index contributed by atoms with van der Waals surface area (Å²) in [7, 11) is -4.05. The average Bonchev–Trinajstić information content (AvgIpc) is 2.58. The minimum atomic E-state index is -4.05. The lowest BCUT2D eigenvalue weighted by molar-refractivity contribution is 0.254. The Morgan fingerprint density at radius 3 is 2.56 bits per heavy atom. The summed E-state index contributed by atoms with van der Waals surface area (Å²) in [4.78, 5) is 14.5. The first-order valence-corrected chi connectivity index (χ1v) is 9.31. The highest BCUT2D eigenvalue weighted by atomic mass is 35.5. The van der Waals surface area contributed by atoms with Crippen molar-refractivity contribution in [3.05, 3.63) is 53.1 Å². The van der Waals surface area contributed by atoms with E-state index in [1.54, 1.807) is 44.2 Å². The molecule has 5 nitrogen and oxygen atoms in total. The van der Waals surface area contributed by atoms with E-state index in [9.17, 15) is 13.2 Å². The van der Waals surface area contributed by atoms with Gasteiger partial charge in [-0.1, -0.05) is 35.7 Å². The van der Waals surface area contributed by atoms with Gasteiger partial charge in [0.2, 0.25) is 0 Å². The van der Waals surface area contributed by atoms with E-state index in [-0.39, 0.29) is 17.1 Å². The normalized spacial score (nSPS) is 15.4. The number of hydrogen-bond acceptors (Lipinski definition) is 3. The fraction of sp³-hybridized carbons (Fsp3) is 0.167. The van der Waals surface area contributed by atoms with Crippen molar-refractivity contribution in [1.29, 1.82) is 0 Å². The summed E-state index contributed by atoms with van der Waals surface area (Å²) < 4.78 is 27.0. The fourth-order valence-corrected chi connectivity index (χ4v) is 4.47. The molecule has 0 aliphatic carbocycles. The van der Waals surface area contributed by atoms with Gasteiger partial charge in [0.05, 0.1) is 17.9 Å². The van der Waals surface area contributed by atoms with Crippen molar-refractivity contribution in [3.8, 4) is 11.8 Å². The number of hydrogen-bond donors (Lipinski definition) is 0. The second-order valence-electron chi connectivity index (χ2n) is 5.46. The maximum Gasteiger partial charge on any atom is 0.344 e. The number of anilines is 2. The van der Waals surface area contributed by atoms with Gasteiger partial charge in [-0.2, -0.15) is 4.31 Å². The highest BCUT2D eigenvalue weighted by Gasteiger charge is 2.42. The number of amides is 2. The first-order chi connectivity index (χ1) is 11.9. The largest absolute Gasteiger partial charge is 0.344 e. The van der Waals surface area contributed by atoms with Gasteiger partial charge in [0, 0.05) is 5.02 Å². The number of aryl methyl sites for hydroxylation is 1. The zero-order chi connectivity index (χ0) is 18.2. The molecule has 0 atom stereocenters. The van der Waals surface area contributed by atoms with Crippen molar-refractivity contribution in [3.63, 3.8) is 0 Å². The zero-order valence-electron chi connectivity index (χ0n) is 13.7. The smallest absolute Gasteiger partial charge is 0.280 e. The molecule has 2 aromatic carbocycles. The standard InChI is InChI=1S/C18H15ClN2O3S/c1-3-4-11-20-15-7-5-6-8-17(15)25(23,24)21(18(20)22)16-12-14(19)10-9-13(16)2/h5-10,12H,11H2,1-2H3. The Labute approximate surface area is 151 Å². The second kappa shape index (κ2) is 6.43. The average molecular weight is 375 g/mol. The van der Waals surface area contributed by atoms with Crippen molar-refractivity contribution in [2.24, 2.45) is 0 Å². The van der Waals surface area contributed by atoms with Crippen LogP contribution in [0.25, 0.3) is 0 Å². The van der Waals surface area contributed by atoms with Gasteiger partial charge in [0.25, 0.3) is 10.0 Å². The minimum absolute atomic E-state index is 0.0619. The quantitative estimate of drug-likeness (QED) is 0.751. The number of fused-ring (bicyclic) bond motifs is 1. The summed E-state index contributed by atoms with van der Waals surface area (Å²) >= 11 is 6.03. The van der Waals surface area contributed by atoms with Crippen LogP contribution in [0.2, 0.25) is 5.02 Å². The molecule has 0 fully saturated rings. The highest BCUT2D eigenvalue weighted by Crippen LogP contribution is 2.38. The molecule has 0 N–H and O–H groups in total. The van der Waals surface area contributed by atoms with Crippen molar-refractivity contribution >= 4 is 39.0 Å². The number of sulfonamides is 1. The third kappa shape index (κ3) is 2.86. The third-order valence-corrected chi connectivity index (χ3v) is 5.85. The molecule has 0 radical (unpaired) electrons. The molecule has 0 saturated heterocycles. The lowest BCUT2D eigenvalue weighted by Crippen LogP contribution is -2.51. The van der Waals surface area contributed by atoms with Gasteiger partial charge in [-0.05, 0) is 43.7 Å². The fourth-order valence-electron chi connectivity index (χ4n) is 2.66. The van der Waals surface area contributed by atoms with Crippen LogP contribution in [0.15, 0.2) is 47.4 Å². The van der Waals surface area contributed by atoms with Gasteiger partial charge in [-0.3, -0.25) is 4.90 Å². The molecule has 0 aromatic heterocycles. The van der Waals surface area contributed by atoms with Crippen molar-refractivity contribution in [2.75, 3.05) is 15.7 Å². The van der Waals surface area contributed by atoms with E-state index in [0.717, 1.165) is 4.31 Å². The number of carbonyl (C=O) groups excluding carboxylic acids is 1. The van der Waals surface area contributed by atoms with Crippen LogP contribution >= 0.6 is 11.6 Å². The Balaban J connectivity index is 2.27. The lowest BCUT2D eigenvalue weighted by atomic mass is 10.2. The second-order valence-corrected chi connectivity index (χ2v) is 7.66. The van der Waals surface area contributed by atoms with E-state index >= 15 is 0 Å². The Bertz CT molecular complexity index is 1020. The minimum Gasteiger partial charge on any atom is -0.280 e. The lowest BCUT2D eigenvalue weighted by Gasteiger charge is -2.35. The topological polar surface area (TPSA) is 57.7 Å². The Hall–Kier alpha value is -2.49. The molecular weight excluding hydrogens is 360 g/mol. The van der Waals surface area contributed by atoms with Gasteiger partial charge in [0.15, 0.2) is 0 Å². The van der Waals surface area contributed by atoms with Crippen LogP contribution in [0.3, 0.4) is 0 Å². The van der Waals surface area contributed by atoms with E-state index in [0.29, 0.717) is 16.3 Å². The molecule has 0 unspecified atom stereocenters. The van der Waals surface area contributed by atoms with Crippen LogP contribution in [0.4, 0.5) is 16.2 Å². The van der Waals surface area contributed by atoms with Crippen LogP contribution in [0.1, 0.15) is 12.5 Å². The van der Waals surface area contributed by atoms with Crippen LogP contribution in [-0.2, 0) is 10.0 Å². The molecule has 128 valence electrons. The zero-order valence-corrected chi connectivity index (χ0v) is 15.2. The van der Waals surface area contributed by atoms with E-state index in [2.05, 4.69) is 11.8 Å². The highest BCUT2D eigenvalue weighted by molar-refractivity contribution is 7.94. The molecule has 2 aromatic rings. The molecule has 1 heterocycles. The summed E-state index contributed by atoms with van der Waals surface area (Å²) in [5, 5.41) is 0.349. The van der Waals surface area contributed by atoms with Gasteiger partial charge < -0.3 is 0 Å². The Kier molecular flexibility index (Phi) is 4.46. The molecule has 7 heteroatoms. The number of benzene rings is 2. The SMILES string of the molecule is CC#CCN1C(=O)N(c2cc(Cl)ccc2C)S(=O)(=O)c2ccccc21. The molecule has 1 aliphatic heterocycles. The number of para-hydroxylation sites is 1. The van der Waals surface area contributed by atoms with Crippen LogP contribution in [0.5, 0.6) is 0 Å². The van der Waals surface area contributed by atoms with Gasteiger partial charge in [-0.25, -0.2) is 13.2 Å². The number of urea groups is 1. The summed E-state index contributed by atoms with van der Waals surface area (Å²) in [6.07, 6.45) is 0. The molecule has 0 saturated carbocycles. The molecule has 3 rings (SSSR count). The number of rotatable bonds is 2. The van der Waals surface area contributed by atoms with Gasteiger partial charge in [0.1, 0.15) is 4.90 Å². The summed E-state index contributed by atoms with van der Waals surface area (Å²) in [6, 6.07) is 10.5. The molecule has 0 bridgehead atoms. The Morgan fingerprint density at radius 1 is 1.12 bits per heavy atom. The van der Waals surface area contributed by atoms with Crippen molar-refractivity contribution in [2.45, 2.75) is 18.7 Å². The van der Waals surface area contributed by atoms with E-state index in [4.69, 9.17) is 11.6 Å². The molecule has 1 aliphatic rings. The number of halogens is 1. The van der Waals surface area contributed by atoms with Gasteiger partial charge >= 0.3 is 6.03 Å². The summed E-state index contributed by atoms with van der Waals surface area (Å²) in [5.74, 6) is 5.55. The summed E-state index contributed by atoms with van der Waals surface area (Å²) in [5.41, 5.74) is 1.19. The monoisotopic (exact) mass is 374 g/mol. The van der Waals surface area contributed by atoms with E-state index in [1.165, 1.54) is 17.0 Å². The number of nitrogens with zero attached hydrogens (tertiary/aromatic N) is 2. The van der Waals surface area contributed by atoms with Crippen molar-refractivity contribution in [1.82, 2.24) is 0 Å². The third-order valence-electron chi connectivity index (χ3n) is 3.88. The van der Waals surface area contributed by atoms with E-state index in [1.807, 2.05) is 0 Å². The molecule has 0 spiro atoms. The predicted octanol–water partition coefficient (Wildman–Crippen LogP) is 3.81. The predicted molar refractivity (Wildman–Crippen MR) is 98.5 cm³/mol. The molecular formula is C18H15ClN2O3S. The first kappa shape index (κ1) is 17.3. The maximum absolute atomic E-state index is 13.1. The number of carbonyl (C=O) groups is 1. The van der Waals surface area contributed by atoms with E-state index < -0.39 is 16.1 Å². The maximum atomic E-state index is 13.1. The first-order valence-electron chi connectivity index (χ1n) is 7.49. The summed E-state index contributed by atoms with van der Waals surface area (Å²) in [6.45, 7) is 3.49. The van der Waals surface area contributed by atoms with Crippen molar-refractivity contribution < 1.29 is 13.2 Å². The molecule has 25 heavy (non-hydrogen) atoms. The van der Waals surface area contributed by atoms with Crippen LogP contribution < -0.4 is 9.21 Å². The molecule has 2 amide bonds.